The molecule has 0 saturated heterocycles. The topological polar surface area (TPSA) is 54.0 Å². The summed E-state index contributed by atoms with van der Waals surface area (Å²) >= 11 is 0. The van der Waals surface area contributed by atoms with Gasteiger partial charge in [-0.2, -0.15) is 0 Å². The number of benzene rings is 1. The van der Waals surface area contributed by atoms with Gasteiger partial charge in [0.05, 0.1) is 11.3 Å². The van der Waals surface area contributed by atoms with Crippen molar-refractivity contribution in [3.63, 3.8) is 0 Å². The molecule has 0 radical (unpaired) electrons. The summed E-state index contributed by atoms with van der Waals surface area (Å²) in [5, 5.41) is 5.70. The molecule has 0 unspecified atom stereocenters. The molecule has 2 aromatic rings. The molecule has 104 valence electrons. The van der Waals surface area contributed by atoms with Crippen molar-refractivity contribution >= 4 is 17.3 Å². The fourth-order valence-corrected chi connectivity index (χ4v) is 1.87. The van der Waals surface area contributed by atoms with Gasteiger partial charge in [0.15, 0.2) is 0 Å². The Labute approximate surface area is 117 Å². The third kappa shape index (κ3) is 2.93. The van der Waals surface area contributed by atoms with Gasteiger partial charge in [-0.3, -0.25) is 9.78 Å². The molecular weight excluding hydrogens is 257 g/mol. The first-order valence-corrected chi connectivity index (χ1v) is 6.23. The average Bonchev–Trinajstić information content (AvgIpc) is 2.42. The van der Waals surface area contributed by atoms with E-state index in [0.717, 1.165) is 5.69 Å². The third-order valence-corrected chi connectivity index (χ3v) is 2.97. The highest BCUT2D eigenvalue weighted by Crippen LogP contribution is 2.18. The maximum Gasteiger partial charge on any atom is 0.259 e. The van der Waals surface area contributed by atoms with E-state index in [1.54, 1.807) is 26.1 Å². The number of aryl methyl sites for hydroxylation is 2. The first-order chi connectivity index (χ1) is 9.51. The number of rotatable bonds is 3. The fourth-order valence-electron chi connectivity index (χ4n) is 1.87. The predicted octanol–water partition coefficient (Wildman–Crippen LogP) is 3.13. The van der Waals surface area contributed by atoms with E-state index in [0.29, 0.717) is 22.5 Å². The minimum atomic E-state index is -0.295. The van der Waals surface area contributed by atoms with Crippen LogP contribution in [0.5, 0.6) is 0 Å². The van der Waals surface area contributed by atoms with Crippen molar-refractivity contribution in [3.05, 3.63) is 53.1 Å². The fraction of sp³-hybridized carbons (Fsp3) is 0.200. The van der Waals surface area contributed by atoms with Crippen LogP contribution in [-0.2, 0) is 0 Å². The molecule has 4 nitrogen and oxygen atoms in total. The second-order valence-electron chi connectivity index (χ2n) is 4.54. The standard InChI is InChI=1S/C15H16FN3O/c1-9-6-11(4-5-13(9)16)19-15(20)12-8-18-10(2)7-14(12)17-3/h4-8H,1-3H3,(H,17,18)(H,19,20). The summed E-state index contributed by atoms with van der Waals surface area (Å²) in [5.41, 5.74) is 3.01. The highest BCUT2D eigenvalue weighted by Gasteiger charge is 2.12. The minimum absolute atomic E-state index is 0.284. The van der Waals surface area contributed by atoms with Gasteiger partial charge < -0.3 is 10.6 Å². The maximum absolute atomic E-state index is 13.2. The second-order valence-corrected chi connectivity index (χ2v) is 4.54. The Bertz CT molecular complexity index is 656. The van der Waals surface area contributed by atoms with Crippen molar-refractivity contribution < 1.29 is 9.18 Å². The molecule has 0 spiro atoms. The number of nitrogens with zero attached hydrogens (tertiary/aromatic N) is 1. The minimum Gasteiger partial charge on any atom is -0.387 e. The van der Waals surface area contributed by atoms with Gasteiger partial charge in [0.2, 0.25) is 0 Å². The lowest BCUT2D eigenvalue weighted by Crippen LogP contribution is -2.15. The number of pyridine rings is 1. The zero-order valence-electron chi connectivity index (χ0n) is 11.6. The summed E-state index contributed by atoms with van der Waals surface area (Å²) in [6, 6.07) is 6.25. The highest BCUT2D eigenvalue weighted by molar-refractivity contribution is 6.07. The Morgan fingerprint density at radius 1 is 1.25 bits per heavy atom. The van der Waals surface area contributed by atoms with Crippen LogP contribution in [0.25, 0.3) is 0 Å². The molecule has 0 bridgehead atoms. The number of hydrogen-bond acceptors (Lipinski definition) is 3. The summed E-state index contributed by atoms with van der Waals surface area (Å²) in [5.74, 6) is -0.580. The van der Waals surface area contributed by atoms with E-state index < -0.39 is 0 Å². The summed E-state index contributed by atoms with van der Waals surface area (Å²) in [4.78, 5) is 16.3. The van der Waals surface area contributed by atoms with Crippen LogP contribution in [0.15, 0.2) is 30.5 Å². The van der Waals surface area contributed by atoms with Gasteiger partial charge in [0.1, 0.15) is 5.82 Å². The van der Waals surface area contributed by atoms with Crippen LogP contribution in [0, 0.1) is 19.7 Å². The van der Waals surface area contributed by atoms with E-state index in [-0.39, 0.29) is 11.7 Å². The van der Waals surface area contributed by atoms with Gasteiger partial charge >= 0.3 is 0 Å². The molecule has 0 aliphatic carbocycles. The van der Waals surface area contributed by atoms with Crippen LogP contribution in [0.3, 0.4) is 0 Å². The third-order valence-electron chi connectivity index (χ3n) is 2.97. The number of halogens is 1. The molecule has 0 saturated carbocycles. The first kappa shape index (κ1) is 14.0. The molecule has 5 heteroatoms. The molecule has 0 atom stereocenters. The molecule has 20 heavy (non-hydrogen) atoms. The first-order valence-electron chi connectivity index (χ1n) is 6.23. The number of carbonyl (C=O) groups excluding carboxylic acids is 1. The van der Waals surface area contributed by atoms with Crippen molar-refractivity contribution in [2.45, 2.75) is 13.8 Å². The van der Waals surface area contributed by atoms with Gasteiger partial charge in [-0.1, -0.05) is 0 Å². The van der Waals surface area contributed by atoms with E-state index in [2.05, 4.69) is 15.6 Å². The van der Waals surface area contributed by atoms with Gasteiger partial charge in [0, 0.05) is 24.6 Å². The van der Waals surface area contributed by atoms with Crippen molar-refractivity contribution in [3.8, 4) is 0 Å². The van der Waals surface area contributed by atoms with Gasteiger partial charge in [-0.25, -0.2) is 4.39 Å². The van der Waals surface area contributed by atoms with Crippen LogP contribution in [-0.4, -0.2) is 17.9 Å². The zero-order valence-corrected chi connectivity index (χ0v) is 11.6. The number of anilines is 2. The van der Waals surface area contributed by atoms with Crippen LogP contribution in [0.2, 0.25) is 0 Å². The average molecular weight is 273 g/mol. The number of carbonyl (C=O) groups is 1. The Morgan fingerprint density at radius 2 is 2.00 bits per heavy atom. The van der Waals surface area contributed by atoms with E-state index >= 15 is 0 Å². The number of amides is 1. The number of nitrogens with one attached hydrogen (secondary N) is 2. The molecule has 0 aliphatic heterocycles. The Hall–Kier alpha value is -2.43. The molecule has 1 amide bonds. The Morgan fingerprint density at radius 3 is 2.65 bits per heavy atom. The summed E-state index contributed by atoms with van der Waals surface area (Å²) < 4.78 is 13.2. The smallest absolute Gasteiger partial charge is 0.259 e. The van der Waals surface area contributed by atoms with Gasteiger partial charge in [-0.05, 0) is 43.7 Å². The molecule has 0 aliphatic rings. The predicted molar refractivity (Wildman–Crippen MR) is 77.6 cm³/mol. The molecule has 1 heterocycles. The quantitative estimate of drug-likeness (QED) is 0.903. The molecule has 1 aromatic carbocycles. The molecular formula is C15H16FN3O. The lowest BCUT2D eigenvalue weighted by molar-refractivity contribution is 0.102. The normalized spacial score (nSPS) is 10.2. The van der Waals surface area contributed by atoms with Crippen molar-refractivity contribution in [2.24, 2.45) is 0 Å². The van der Waals surface area contributed by atoms with E-state index in [9.17, 15) is 9.18 Å². The summed E-state index contributed by atoms with van der Waals surface area (Å²) in [7, 11) is 1.74. The highest BCUT2D eigenvalue weighted by atomic mass is 19.1. The second kappa shape index (κ2) is 5.69. The van der Waals surface area contributed by atoms with E-state index in [1.807, 2.05) is 6.92 Å². The van der Waals surface area contributed by atoms with Crippen molar-refractivity contribution in [1.82, 2.24) is 4.98 Å². The SMILES string of the molecule is CNc1cc(C)ncc1C(=O)Nc1ccc(F)c(C)c1. The van der Waals surface area contributed by atoms with Crippen molar-refractivity contribution in [2.75, 3.05) is 17.7 Å². The Balaban J connectivity index is 2.25. The largest absolute Gasteiger partial charge is 0.387 e. The molecule has 1 aromatic heterocycles. The van der Waals surface area contributed by atoms with E-state index in [4.69, 9.17) is 0 Å². The number of hydrogen-bond donors (Lipinski definition) is 2. The number of aromatic nitrogens is 1. The molecule has 0 fully saturated rings. The molecule has 2 rings (SSSR count). The molecule has 2 N–H and O–H groups in total. The zero-order chi connectivity index (χ0) is 14.7. The van der Waals surface area contributed by atoms with Gasteiger partial charge in [-0.15, -0.1) is 0 Å². The monoisotopic (exact) mass is 273 g/mol. The van der Waals surface area contributed by atoms with Crippen LogP contribution in [0.1, 0.15) is 21.6 Å². The van der Waals surface area contributed by atoms with E-state index in [1.165, 1.54) is 18.3 Å². The van der Waals surface area contributed by atoms with Crippen LogP contribution >= 0.6 is 0 Å². The van der Waals surface area contributed by atoms with Crippen molar-refractivity contribution in [1.29, 1.82) is 0 Å². The van der Waals surface area contributed by atoms with Crippen LogP contribution in [0.4, 0.5) is 15.8 Å². The maximum atomic E-state index is 13.2. The summed E-state index contributed by atoms with van der Waals surface area (Å²) in [6.45, 7) is 3.50. The van der Waals surface area contributed by atoms with Crippen LogP contribution < -0.4 is 10.6 Å². The summed E-state index contributed by atoms with van der Waals surface area (Å²) in [6.07, 6.45) is 1.52. The lowest BCUT2D eigenvalue weighted by Gasteiger charge is -2.10. The lowest BCUT2D eigenvalue weighted by atomic mass is 10.1. The van der Waals surface area contributed by atoms with Gasteiger partial charge in [0.25, 0.3) is 5.91 Å². The Kier molecular flexibility index (Phi) is 3.98.